The van der Waals surface area contributed by atoms with Crippen LogP contribution in [0.5, 0.6) is 11.5 Å². The highest BCUT2D eigenvalue weighted by Gasteiger charge is 2.23. The molecule has 0 saturated carbocycles. The minimum absolute atomic E-state index is 0.0400. The molecule has 0 saturated heterocycles. The number of ether oxygens (including phenoxy) is 3. The van der Waals surface area contributed by atoms with E-state index in [1.165, 1.54) is 33.5 Å². The first-order chi connectivity index (χ1) is 8.54. The molecule has 7 nitrogen and oxygen atoms in total. The molecule has 1 rings (SSSR count). The van der Waals surface area contributed by atoms with Crippen molar-refractivity contribution in [1.82, 2.24) is 0 Å². The van der Waals surface area contributed by atoms with Gasteiger partial charge >= 0.3 is 12.1 Å². The summed E-state index contributed by atoms with van der Waals surface area (Å²) in [7, 11) is 3.93. The number of nitrogens with one attached hydrogen (secondary N) is 1. The van der Waals surface area contributed by atoms with E-state index in [1.54, 1.807) is 0 Å². The fourth-order valence-corrected chi connectivity index (χ4v) is 1.45. The molecular formula is C11H13NO6. The van der Waals surface area contributed by atoms with Gasteiger partial charge in [0, 0.05) is 0 Å². The smallest absolute Gasteiger partial charge is 0.409 e. The SMILES string of the molecule is COC(=O)c1c(NC(=O)O)ccc(OC)c1OC. The average molecular weight is 255 g/mol. The summed E-state index contributed by atoms with van der Waals surface area (Å²) in [4.78, 5) is 22.3. The zero-order valence-electron chi connectivity index (χ0n) is 10.1. The number of esters is 1. The quantitative estimate of drug-likeness (QED) is 0.793. The largest absolute Gasteiger partial charge is 0.493 e. The summed E-state index contributed by atoms with van der Waals surface area (Å²) in [6.45, 7) is 0. The highest BCUT2D eigenvalue weighted by molar-refractivity contribution is 6.02. The highest BCUT2D eigenvalue weighted by atomic mass is 16.5. The normalized spacial score (nSPS) is 9.50. The number of benzene rings is 1. The Hall–Kier alpha value is -2.44. The fourth-order valence-electron chi connectivity index (χ4n) is 1.45. The van der Waals surface area contributed by atoms with Crippen molar-refractivity contribution < 1.29 is 28.9 Å². The van der Waals surface area contributed by atoms with E-state index >= 15 is 0 Å². The van der Waals surface area contributed by atoms with Crippen molar-refractivity contribution in [1.29, 1.82) is 0 Å². The van der Waals surface area contributed by atoms with Gasteiger partial charge in [-0.2, -0.15) is 0 Å². The Balaban J connectivity index is 3.43. The van der Waals surface area contributed by atoms with Gasteiger partial charge in [-0.1, -0.05) is 0 Å². The lowest BCUT2D eigenvalue weighted by atomic mass is 10.1. The van der Waals surface area contributed by atoms with Crippen LogP contribution in [0, 0.1) is 0 Å². The predicted octanol–water partition coefficient (Wildman–Crippen LogP) is 1.58. The highest BCUT2D eigenvalue weighted by Crippen LogP contribution is 2.36. The van der Waals surface area contributed by atoms with Crippen molar-refractivity contribution in [3.8, 4) is 11.5 Å². The molecule has 98 valence electrons. The molecule has 0 aliphatic rings. The van der Waals surface area contributed by atoms with Gasteiger partial charge < -0.3 is 19.3 Å². The number of carboxylic acid groups (broad SMARTS) is 1. The van der Waals surface area contributed by atoms with Crippen LogP contribution < -0.4 is 14.8 Å². The van der Waals surface area contributed by atoms with Crippen LogP contribution in [0.15, 0.2) is 12.1 Å². The number of anilines is 1. The van der Waals surface area contributed by atoms with E-state index in [0.717, 1.165) is 0 Å². The first kappa shape index (κ1) is 13.6. The molecule has 0 spiro atoms. The summed E-state index contributed by atoms with van der Waals surface area (Å²) in [6.07, 6.45) is -1.30. The van der Waals surface area contributed by atoms with Crippen LogP contribution in [0.4, 0.5) is 10.5 Å². The van der Waals surface area contributed by atoms with Crippen LogP contribution >= 0.6 is 0 Å². The number of hydrogen-bond acceptors (Lipinski definition) is 5. The van der Waals surface area contributed by atoms with E-state index in [1.807, 2.05) is 0 Å². The van der Waals surface area contributed by atoms with Crippen LogP contribution in [0.2, 0.25) is 0 Å². The molecule has 18 heavy (non-hydrogen) atoms. The average Bonchev–Trinajstić information content (AvgIpc) is 2.36. The van der Waals surface area contributed by atoms with Gasteiger partial charge in [0.2, 0.25) is 0 Å². The third-order valence-corrected chi connectivity index (χ3v) is 2.18. The van der Waals surface area contributed by atoms with Gasteiger partial charge in [0.1, 0.15) is 5.56 Å². The first-order valence-corrected chi connectivity index (χ1v) is 4.88. The third kappa shape index (κ3) is 2.62. The minimum atomic E-state index is -1.30. The molecule has 1 aromatic rings. The number of carbonyl (C=O) groups is 2. The number of carbonyl (C=O) groups excluding carboxylic acids is 1. The maximum atomic E-state index is 11.7. The Morgan fingerprint density at radius 3 is 2.28 bits per heavy atom. The molecule has 0 aromatic heterocycles. The van der Waals surface area contributed by atoms with Crippen molar-refractivity contribution in [2.24, 2.45) is 0 Å². The first-order valence-electron chi connectivity index (χ1n) is 4.88. The van der Waals surface area contributed by atoms with E-state index in [4.69, 9.17) is 14.6 Å². The Bertz CT molecular complexity index is 471. The second-order valence-corrected chi connectivity index (χ2v) is 3.15. The van der Waals surface area contributed by atoms with E-state index in [9.17, 15) is 9.59 Å². The maximum absolute atomic E-state index is 11.7. The summed E-state index contributed by atoms with van der Waals surface area (Å²) in [5, 5.41) is 10.8. The van der Waals surface area contributed by atoms with E-state index in [2.05, 4.69) is 10.1 Å². The van der Waals surface area contributed by atoms with Gasteiger partial charge in [-0.15, -0.1) is 0 Å². The summed E-state index contributed by atoms with van der Waals surface area (Å²) >= 11 is 0. The van der Waals surface area contributed by atoms with Crippen molar-refractivity contribution in [2.75, 3.05) is 26.6 Å². The molecule has 0 fully saturated rings. The van der Waals surface area contributed by atoms with Crippen molar-refractivity contribution >= 4 is 17.7 Å². The second kappa shape index (κ2) is 5.76. The van der Waals surface area contributed by atoms with Crippen LogP contribution in [0.1, 0.15) is 10.4 Å². The number of amides is 1. The van der Waals surface area contributed by atoms with Crippen LogP contribution in [-0.4, -0.2) is 38.5 Å². The third-order valence-electron chi connectivity index (χ3n) is 2.18. The molecule has 0 aliphatic carbocycles. The van der Waals surface area contributed by atoms with Gasteiger partial charge in [0.15, 0.2) is 11.5 Å². The zero-order chi connectivity index (χ0) is 13.7. The molecule has 0 radical (unpaired) electrons. The number of hydrogen-bond donors (Lipinski definition) is 2. The fraction of sp³-hybridized carbons (Fsp3) is 0.273. The van der Waals surface area contributed by atoms with E-state index in [-0.39, 0.29) is 17.0 Å². The summed E-state index contributed by atoms with van der Waals surface area (Å²) in [5.41, 5.74) is 0.0220. The van der Waals surface area contributed by atoms with Crippen molar-refractivity contribution in [2.45, 2.75) is 0 Å². The molecule has 7 heteroatoms. The Morgan fingerprint density at radius 2 is 1.83 bits per heavy atom. The zero-order valence-corrected chi connectivity index (χ0v) is 10.1. The topological polar surface area (TPSA) is 94.1 Å². The van der Waals surface area contributed by atoms with Gasteiger partial charge in [0.05, 0.1) is 27.0 Å². The summed E-state index contributed by atoms with van der Waals surface area (Å²) < 4.78 is 14.7. The van der Waals surface area contributed by atoms with E-state index < -0.39 is 12.1 Å². The predicted molar refractivity (Wildman–Crippen MR) is 62.5 cm³/mol. The van der Waals surface area contributed by atoms with Crippen LogP contribution in [0.3, 0.4) is 0 Å². The molecule has 0 aliphatic heterocycles. The van der Waals surface area contributed by atoms with Crippen molar-refractivity contribution in [3.05, 3.63) is 17.7 Å². The van der Waals surface area contributed by atoms with Gasteiger partial charge in [-0.25, -0.2) is 9.59 Å². The molecule has 2 N–H and O–H groups in total. The second-order valence-electron chi connectivity index (χ2n) is 3.15. The Morgan fingerprint density at radius 1 is 1.17 bits per heavy atom. The van der Waals surface area contributed by atoms with Gasteiger partial charge in [-0.05, 0) is 12.1 Å². The molecular weight excluding hydrogens is 242 g/mol. The maximum Gasteiger partial charge on any atom is 0.409 e. The number of rotatable bonds is 4. The van der Waals surface area contributed by atoms with Gasteiger partial charge in [-0.3, -0.25) is 5.32 Å². The van der Waals surface area contributed by atoms with Crippen molar-refractivity contribution in [3.63, 3.8) is 0 Å². The lowest BCUT2D eigenvalue weighted by molar-refractivity contribution is 0.0597. The molecule has 1 aromatic carbocycles. The number of methoxy groups -OCH3 is 3. The Kier molecular flexibility index (Phi) is 4.36. The lowest BCUT2D eigenvalue weighted by Gasteiger charge is -2.14. The van der Waals surface area contributed by atoms with Crippen LogP contribution in [0.25, 0.3) is 0 Å². The molecule has 0 atom stereocenters. The monoisotopic (exact) mass is 255 g/mol. The van der Waals surface area contributed by atoms with E-state index in [0.29, 0.717) is 5.75 Å². The summed E-state index contributed by atoms with van der Waals surface area (Å²) in [5.74, 6) is -0.320. The molecule has 1 amide bonds. The van der Waals surface area contributed by atoms with Gasteiger partial charge in [0.25, 0.3) is 0 Å². The summed E-state index contributed by atoms with van der Waals surface area (Å²) in [6, 6.07) is 2.87. The Labute approximate surface area is 103 Å². The molecule has 0 bridgehead atoms. The standard InChI is InChI=1S/C11H13NO6/c1-16-7-5-4-6(12-11(14)15)8(9(7)17-2)10(13)18-3/h4-5,12H,1-3H3,(H,14,15). The molecule has 0 unspecified atom stereocenters. The lowest BCUT2D eigenvalue weighted by Crippen LogP contribution is -2.14. The van der Waals surface area contributed by atoms with Crippen LogP contribution in [-0.2, 0) is 4.74 Å². The molecule has 0 heterocycles. The minimum Gasteiger partial charge on any atom is -0.493 e.